The molecule has 1 aliphatic rings. The first-order chi connectivity index (χ1) is 21.1. The SMILES string of the molecule is COc1cc(/C=c2\sc3n(c2=O)C(N)=C(C#N)C(c2ccc(O)c(OC)c2)C=3C(=O)Nc2ccc([N+](=O)[O-])cc2)ccc1O. The van der Waals surface area contributed by atoms with E-state index in [2.05, 4.69) is 5.32 Å². The van der Waals surface area contributed by atoms with E-state index < -0.39 is 22.3 Å². The van der Waals surface area contributed by atoms with Gasteiger partial charge in [-0.1, -0.05) is 12.1 Å². The molecule has 1 unspecified atom stereocenters. The van der Waals surface area contributed by atoms with Crippen molar-refractivity contribution >= 4 is 46.1 Å². The van der Waals surface area contributed by atoms with Crippen molar-refractivity contribution in [1.82, 2.24) is 4.57 Å². The van der Waals surface area contributed by atoms with Gasteiger partial charge in [-0.25, -0.2) is 0 Å². The number of rotatable bonds is 7. The second-order valence-electron chi connectivity index (χ2n) is 9.43. The van der Waals surface area contributed by atoms with Crippen LogP contribution in [0.2, 0.25) is 0 Å². The lowest BCUT2D eigenvalue weighted by Gasteiger charge is -2.25. The Morgan fingerprint density at radius 2 is 1.73 bits per heavy atom. The zero-order valence-electron chi connectivity index (χ0n) is 23.1. The maximum atomic E-state index is 14.0. The van der Waals surface area contributed by atoms with Gasteiger partial charge in [-0.2, -0.15) is 5.26 Å². The van der Waals surface area contributed by atoms with Crippen LogP contribution in [-0.2, 0) is 4.79 Å². The average Bonchev–Trinajstić information content (AvgIpc) is 3.33. The molecule has 5 N–H and O–H groups in total. The number of fused-ring (bicyclic) bond motifs is 1. The van der Waals surface area contributed by atoms with Crippen LogP contribution >= 0.6 is 11.3 Å². The lowest BCUT2D eigenvalue weighted by molar-refractivity contribution is -0.384. The van der Waals surface area contributed by atoms with Crippen LogP contribution in [0.5, 0.6) is 23.0 Å². The molecule has 14 heteroatoms. The van der Waals surface area contributed by atoms with E-state index in [9.17, 15) is 35.2 Å². The predicted molar refractivity (Wildman–Crippen MR) is 162 cm³/mol. The highest BCUT2D eigenvalue weighted by Gasteiger charge is 2.36. The van der Waals surface area contributed by atoms with Gasteiger partial charge in [0.05, 0.1) is 46.8 Å². The van der Waals surface area contributed by atoms with Crippen LogP contribution in [0.1, 0.15) is 17.0 Å². The molecule has 0 fully saturated rings. The fourth-order valence-electron chi connectivity index (χ4n) is 4.77. The first-order valence-electron chi connectivity index (χ1n) is 12.8. The topological polar surface area (TPSA) is 203 Å². The number of hydrogen-bond acceptors (Lipinski definition) is 11. The highest BCUT2D eigenvalue weighted by atomic mass is 32.1. The third-order valence-electron chi connectivity index (χ3n) is 6.89. The predicted octanol–water partition coefficient (Wildman–Crippen LogP) is 2.31. The molecule has 44 heavy (non-hydrogen) atoms. The monoisotopic (exact) mass is 613 g/mol. The number of aromatic hydroxyl groups is 2. The summed E-state index contributed by atoms with van der Waals surface area (Å²) in [5.41, 5.74) is 6.66. The van der Waals surface area contributed by atoms with Gasteiger partial charge in [0.25, 0.3) is 17.2 Å². The Bertz CT molecular complexity index is 2090. The quantitative estimate of drug-likeness (QED) is 0.177. The van der Waals surface area contributed by atoms with E-state index in [-0.39, 0.29) is 60.5 Å². The number of nitriles is 1. The number of phenols is 2. The number of ether oxygens (including phenoxy) is 2. The van der Waals surface area contributed by atoms with Crippen LogP contribution in [0.25, 0.3) is 17.5 Å². The van der Waals surface area contributed by atoms with E-state index in [1.54, 1.807) is 6.07 Å². The number of aromatic nitrogens is 1. The highest BCUT2D eigenvalue weighted by Crippen LogP contribution is 2.40. The Morgan fingerprint density at radius 3 is 2.34 bits per heavy atom. The molecule has 222 valence electrons. The zero-order valence-corrected chi connectivity index (χ0v) is 23.9. The van der Waals surface area contributed by atoms with E-state index in [1.165, 1.54) is 74.9 Å². The van der Waals surface area contributed by atoms with E-state index in [1.807, 2.05) is 6.07 Å². The number of carbonyl (C=O) groups is 1. The van der Waals surface area contributed by atoms with Gasteiger partial charge in [-0.3, -0.25) is 24.3 Å². The largest absolute Gasteiger partial charge is 0.504 e. The number of carbonyl (C=O) groups excluding carboxylic acids is 1. The Labute approximate surface area is 252 Å². The Morgan fingerprint density at radius 1 is 1.09 bits per heavy atom. The Kier molecular flexibility index (Phi) is 7.80. The van der Waals surface area contributed by atoms with Gasteiger partial charge in [-0.05, 0) is 53.6 Å². The van der Waals surface area contributed by atoms with Crippen molar-refractivity contribution in [3.8, 4) is 29.1 Å². The summed E-state index contributed by atoms with van der Waals surface area (Å²) in [6, 6.07) is 16.0. The normalized spacial score (nSPS) is 14.5. The third kappa shape index (κ3) is 5.19. The molecular formula is C30H23N5O8S. The minimum atomic E-state index is -1.09. The van der Waals surface area contributed by atoms with E-state index >= 15 is 0 Å². The maximum Gasteiger partial charge on any atom is 0.274 e. The van der Waals surface area contributed by atoms with Crippen molar-refractivity contribution in [2.75, 3.05) is 19.5 Å². The first kappa shape index (κ1) is 29.4. The molecule has 1 atom stereocenters. The van der Waals surface area contributed by atoms with Gasteiger partial charge in [0.2, 0.25) is 0 Å². The molecule has 1 amide bonds. The minimum Gasteiger partial charge on any atom is -0.504 e. The summed E-state index contributed by atoms with van der Waals surface area (Å²) in [5.74, 6) is -1.98. The van der Waals surface area contributed by atoms with Gasteiger partial charge in [0.1, 0.15) is 10.5 Å². The third-order valence-corrected chi connectivity index (χ3v) is 8.00. The molecule has 4 aromatic rings. The number of nitrogens with two attached hydrogens (primary N) is 1. The summed E-state index contributed by atoms with van der Waals surface area (Å²) in [7, 11) is 2.73. The number of amides is 1. The standard InChI is InChI=1S/C30H23N5O8S/c1-42-22-11-15(3-9-20(22)36)12-24-29(39)34-27(32)19(14-31)25(16-4-10-21(37)23(13-16)43-2)26(30(34)44-24)28(38)33-17-5-7-18(8-6-17)35(40)41/h3-13,25,36-37H,32H2,1-2H3,(H,33,38)/b24-12-. The summed E-state index contributed by atoms with van der Waals surface area (Å²) < 4.78 is 11.8. The molecule has 0 bridgehead atoms. The van der Waals surface area contributed by atoms with Crippen molar-refractivity contribution in [2.24, 2.45) is 5.73 Å². The van der Waals surface area contributed by atoms with Crippen molar-refractivity contribution in [3.05, 3.63) is 107 Å². The summed E-state index contributed by atoms with van der Waals surface area (Å²) in [4.78, 5) is 38.2. The van der Waals surface area contributed by atoms with Crippen LogP contribution in [0.15, 0.2) is 71.0 Å². The van der Waals surface area contributed by atoms with Crippen molar-refractivity contribution in [3.63, 3.8) is 0 Å². The van der Waals surface area contributed by atoms with Crippen LogP contribution in [0, 0.1) is 21.4 Å². The van der Waals surface area contributed by atoms with Crippen molar-refractivity contribution in [2.45, 2.75) is 5.92 Å². The van der Waals surface area contributed by atoms with Gasteiger partial charge >= 0.3 is 0 Å². The smallest absolute Gasteiger partial charge is 0.274 e. The molecule has 0 saturated carbocycles. The number of methoxy groups -OCH3 is 2. The van der Waals surface area contributed by atoms with E-state index in [4.69, 9.17) is 15.2 Å². The fourth-order valence-corrected chi connectivity index (χ4v) is 5.95. The molecule has 0 spiro atoms. The van der Waals surface area contributed by atoms with Gasteiger partial charge in [-0.15, -0.1) is 11.3 Å². The Balaban J connectivity index is 1.78. The second kappa shape index (κ2) is 11.7. The van der Waals surface area contributed by atoms with E-state index in [0.717, 1.165) is 15.9 Å². The molecule has 3 aromatic carbocycles. The second-order valence-corrected chi connectivity index (χ2v) is 10.5. The summed E-state index contributed by atoms with van der Waals surface area (Å²) >= 11 is 0.956. The molecule has 0 radical (unpaired) electrons. The van der Waals surface area contributed by atoms with Gasteiger partial charge in [0, 0.05) is 17.8 Å². The minimum absolute atomic E-state index is 0.00752. The number of hydrogen-bond donors (Lipinski definition) is 4. The molecule has 2 heterocycles. The number of nitro groups is 1. The van der Waals surface area contributed by atoms with Crippen LogP contribution in [-0.4, -0.2) is 39.8 Å². The summed E-state index contributed by atoms with van der Waals surface area (Å²) in [6.45, 7) is 0. The Hall–Kier alpha value is -6.07. The number of thiazole rings is 1. The number of nitrogens with one attached hydrogen (secondary N) is 1. The number of allylic oxidation sites excluding steroid dienone is 1. The average molecular weight is 614 g/mol. The van der Waals surface area contributed by atoms with Crippen LogP contribution in [0.4, 0.5) is 11.4 Å². The van der Waals surface area contributed by atoms with Crippen LogP contribution in [0.3, 0.4) is 0 Å². The molecule has 0 saturated heterocycles. The molecule has 1 aromatic heterocycles. The summed E-state index contributed by atoms with van der Waals surface area (Å²) in [6.07, 6.45) is 1.53. The summed E-state index contributed by atoms with van der Waals surface area (Å²) in [5, 5.41) is 44.2. The first-order valence-corrected chi connectivity index (χ1v) is 13.6. The highest BCUT2D eigenvalue weighted by molar-refractivity contribution is 7.07. The van der Waals surface area contributed by atoms with Gasteiger partial charge < -0.3 is 30.7 Å². The number of benzene rings is 3. The molecule has 5 rings (SSSR count). The maximum absolute atomic E-state index is 14.0. The molecule has 1 aliphatic heterocycles. The van der Waals surface area contributed by atoms with Crippen LogP contribution < -0.4 is 35.3 Å². The number of nitrogens with zero attached hydrogens (tertiary/aromatic N) is 3. The van der Waals surface area contributed by atoms with E-state index in [0.29, 0.717) is 11.1 Å². The number of nitro benzene ring substituents is 1. The number of non-ortho nitro benzene ring substituents is 1. The lowest BCUT2D eigenvalue weighted by Crippen LogP contribution is -2.40. The molecular weight excluding hydrogens is 590 g/mol. The zero-order chi connectivity index (χ0) is 31.7. The molecule has 13 nitrogen and oxygen atoms in total. The number of anilines is 1. The molecule has 0 aliphatic carbocycles. The van der Waals surface area contributed by atoms with Gasteiger partial charge in [0.15, 0.2) is 23.0 Å². The fraction of sp³-hybridized carbons (Fsp3) is 0.100. The van der Waals surface area contributed by atoms with Crippen molar-refractivity contribution < 1.29 is 29.4 Å². The number of phenolic OH excluding ortho intramolecular Hbond substituents is 2. The lowest BCUT2D eigenvalue weighted by atomic mass is 9.83. The van der Waals surface area contributed by atoms with Crippen molar-refractivity contribution in [1.29, 1.82) is 5.26 Å².